The van der Waals surface area contributed by atoms with Crippen LogP contribution in [0.1, 0.15) is 6.04 Å². The highest BCUT2D eigenvalue weighted by atomic mass is 35.5. The summed E-state index contributed by atoms with van der Waals surface area (Å²) in [4.78, 5) is 4.07. The third kappa shape index (κ3) is 3.41. The molecule has 0 aliphatic carbocycles. The second kappa shape index (κ2) is 7.57. The second-order valence-electron chi connectivity index (χ2n) is 6.07. The summed E-state index contributed by atoms with van der Waals surface area (Å²) < 4.78 is 7.98. The minimum absolute atomic E-state index is 0.244. The van der Waals surface area contributed by atoms with Crippen molar-refractivity contribution in [1.82, 2.24) is 29.9 Å². The smallest absolute Gasteiger partial charge is 0.276 e. The van der Waals surface area contributed by atoms with E-state index in [0.29, 0.717) is 16.1 Å². The van der Waals surface area contributed by atoms with Crippen LogP contribution in [0.3, 0.4) is 0 Å². The van der Waals surface area contributed by atoms with Crippen LogP contribution in [0.5, 0.6) is 0 Å². The average molecular weight is 429 g/mol. The Morgan fingerprint density at radius 2 is 1.86 bits per heavy atom. The van der Waals surface area contributed by atoms with Crippen LogP contribution in [0.15, 0.2) is 63.6 Å². The number of halogens is 1. The predicted molar refractivity (Wildman–Crippen MR) is 108 cm³/mol. The van der Waals surface area contributed by atoms with Crippen LogP contribution in [-0.4, -0.2) is 41.5 Å². The van der Waals surface area contributed by atoms with Crippen molar-refractivity contribution in [3.8, 4) is 22.8 Å². The molecular formula is C18H13ClN6OS2. The Morgan fingerprint density at radius 1 is 1.04 bits per heavy atom. The largest absolute Gasteiger partial charge is 0.411 e. The number of hydrogen-bond donors (Lipinski definition) is 0. The van der Waals surface area contributed by atoms with Crippen molar-refractivity contribution in [2.75, 3.05) is 11.5 Å². The summed E-state index contributed by atoms with van der Waals surface area (Å²) in [6.45, 7) is 0. The van der Waals surface area contributed by atoms with Gasteiger partial charge in [-0.15, -0.1) is 20.4 Å². The van der Waals surface area contributed by atoms with Gasteiger partial charge in [-0.25, -0.2) is 0 Å². The SMILES string of the molecule is Clc1ccc(-c2nnc(SC[C@@H]3CSc4nnc(-c5ccncc5)n43)o2)cc1. The molecule has 5 rings (SSSR count). The maximum absolute atomic E-state index is 5.93. The van der Waals surface area contributed by atoms with Gasteiger partial charge in [-0.3, -0.25) is 9.55 Å². The molecule has 7 nitrogen and oxygen atoms in total. The molecule has 0 amide bonds. The zero-order chi connectivity index (χ0) is 18.9. The standard InChI is InChI=1S/C18H13ClN6OS2/c19-13-3-1-12(2-4-13)16-22-24-18(26-16)28-10-14-9-27-17-23-21-15(25(14)17)11-5-7-20-8-6-11/h1-8,14H,9-10H2/t14-/m0/s1. The highest BCUT2D eigenvalue weighted by molar-refractivity contribution is 8.00. The van der Waals surface area contributed by atoms with Gasteiger partial charge in [-0.05, 0) is 36.4 Å². The maximum Gasteiger partial charge on any atom is 0.276 e. The number of hydrogen-bond acceptors (Lipinski definition) is 8. The molecule has 1 aliphatic heterocycles. The zero-order valence-corrected chi connectivity index (χ0v) is 16.8. The highest BCUT2D eigenvalue weighted by Gasteiger charge is 2.29. The van der Waals surface area contributed by atoms with Crippen LogP contribution in [0.2, 0.25) is 5.02 Å². The summed E-state index contributed by atoms with van der Waals surface area (Å²) in [6.07, 6.45) is 3.53. The quantitative estimate of drug-likeness (QED) is 0.430. The van der Waals surface area contributed by atoms with Crippen molar-refractivity contribution in [2.45, 2.75) is 16.4 Å². The molecule has 0 fully saturated rings. The molecule has 4 heterocycles. The molecule has 0 unspecified atom stereocenters. The molecule has 0 radical (unpaired) electrons. The molecule has 0 saturated carbocycles. The van der Waals surface area contributed by atoms with Gasteiger partial charge in [-0.2, -0.15) is 0 Å². The van der Waals surface area contributed by atoms with Crippen molar-refractivity contribution in [2.24, 2.45) is 0 Å². The fraction of sp³-hybridized carbons (Fsp3) is 0.167. The first-order chi connectivity index (χ1) is 13.8. The third-order valence-corrected chi connectivity index (χ3v) is 6.57. The number of nitrogens with zero attached hydrogens (tertiary/aromatic N) is 6. The van der Waals surface area contributed by atoms with Crippen molar-refractivity contribution < 1.29 is 4.42 Å². The number of aromatic nitrogens is 6. The van der Waals surface area contributed by atoms with E-state index in [2.05, 4.69) is 29.9 Å². The van der Waals surface area contributed by atoms with Crippen LogP contribution < -0.4 is 0 Å². The first-order valence-corrected chi connectivity index (χ1v) is 10.8. The maximum atomic E-state index is 5.93. The van der Waals surface area contributed by atoms with E-state index in [1.165, 1.54) is 11.8 Å². The van der Waals surface area contributed by atoms with Gasteiger partial charge < -0.3 is 4.42 Å². The second-order valence-corrected chi connectivity index (χ2v) is 8.46. The third-order valence-electron chi connectivity index (χ3n) is 4.27. The van der Waals surface area contributed by atoms with Crippen molar-refractivity contribution in [1.29, 1.82) is 0 Å². The van der Waals surface area contributed by atoms with Crippen LogP contribution in [0, 0.1) is 0 Å². The minimum atomic E-state index is 0.244. The summed E-state index contributed by atoms with van der Waals surface area (Å²) in [5.74, 6) is 3.08. The number of thioether (sulfide) groups is 2. The van der Waals surface area contributed by atoms with Gasteiger partial charge in [0.15, 0.2) is 11.0 Å². The fourth-order valence-corrected chi connectivity index (χ4v) is 5.11. The normalized spacial score (nSPS) is 15.7. The molecular weight excluding hydrogens is 416 g/mol. The lowest BCUT2D eigenvalue weighted by Gasteiger charge is -2.12. The molecule has 10 heteroatoms. The highest BCUT2D eigenvalue weighted by Crippen LogP contribution is 2.38. The topological polar surface area (TPSA) is 82.5 Å². The molecule has 0 saturated heterocycles. The Bertz CT molecular complexity index is 1100. The van der Waals surface area contributed by atoms with E-state index in [0.717, 1.165) is 33.6 Å². The molecule has 0 bridgehead atoms. The van der Waals surface area contributed by atoms with E-state index in [1.54, 1.807) is 36.3 Å². The molecule has 1 aliphatic rings. The summed E-state index contributed by atoms with van der Waals surface area (Å²) in [7, 11) is 0. The lowest BCUT2D eigenvalue weighted by Crippen LogP contribution is -2.11. The van der Waals surface area contributed by atoms with E-state index in [1.807, 2.05) is 24.3 Å². The summed E-state index contributed by atoms with van der Waals surface area (Å²) >= 11 is 9.18. The lowest BCUT2D eigenvalue weighted by atomic mass is 10.2. The Labute approximate surface area is 173 Å². The fourth-order valence-electron chi connectivity index (χ4n) is 2.92. The number of benzene rings is 1. The number of rotatable bonds is 5. The monoisotopic (exact) mass is 428 g/mol. The van der Waals surface area contributed by atoms with Gasteiger partial charge in [0.05, 0.1) is 6.04 Å². The summed E-state index contributed by atoms with van der Waals surface area (Å²) in [6, 6.07) is 11.5. The first-order valence-electron chi connectivity index (χ1n) is 8.48. The van der Waals surface area contributed by atoms with E-state index in [4.69, 9.17) is 16.0 Å². The van der Waals surface area contributed by atoms with E-state index >= 15 is 0 Å². The zero-order valence-electron chi connectivity index (χ0n) is 14.4. The van der Waals surface area contributed by atoms with E-state index in [9.17, 15) is 0 Å². The van der Waals surface area contributed by atoms with Gasteiger partial charge in [-0.1, -0.05) is 35.1 Å². The van der Waals surface area contributed by atoms with Crippen LogP contribution in [0.25, 0.3) is 22.8 Å². The molecule has 140 valence electrons. The lowest BCUT2D eigenvalue weighted by molar-refractivity contribution is 0.464. The van der Waals surface area contributed by atoms with Gasteiger partial charge in [0.25, 0.3) is 5.22 Å². The number of fused-ring (bicyclic) bond motifs is 1. The predicted octanol–water partition coefficient (Wildman–Crippen LogP) is 4.48. The van der Waals surface area contributed by atoms with Crippen LogP contribution in [0.4, 0.5) is 0 Å². The van der Waals surface area contributed by atoms with Crippen molar-refractivity contribution in [3.05, 3.63) is 53.8 Å². The Hall–Kier alpha value is -2.36. The van der Waals surface area contributed by atoms with E-state index < -0.39 is 0 Å². The van der Waals surface area contributed by atoms with Gasteiger partial charge in [0, 0.05) is 40.0 Å². The Morgan fingerprint density at radius 3 is 2.68 bits per heavy atom. The van der Waals surface area contributed by atoms with Crippen molar-refractivity contribution in [3.63, 3.8) is 0 Å². The average Bonchev–Trinajstić information content (AvgIpc) is 3.45. The minimum Gasteiger partial charge on any atom is -0.411 e. The summed E-state index contributed by atoms with van der Waals surface area (Å²) in [5.41, 5.74) is 1.86. The van der Waals surface area contributed by atoms with E-state index in [-0.39, 0.29) is 6.04 Å². The van der Waals surface area contributed by atoms with Gasteiger partial charge >= 0.3 is 0 Å². The Kier molecular flexibility index (Phi) is 4.79. The molecule has 3 aromatic heterocycles. The Balaban J connectivity index is 1.32. The van der Waals surface area contributed by atoms with Crippen LogP contribution >= 0.6 is 35.1 Å². The molecule has 1 atom stereocenters. The summed E-state index contributed by atoms with van der Waals surface area (Å²) in [5, 5.41) is 19.1. The number of pyridine rings is 1. The molecule has 0 spiro atoms. The molecule has 1 aromatic carbocycles. The molecule has 0 N–H and O–H groups in total. The van der Waals surface area contributed by atoms with Crippen molar-refractivity contribution >= 4 is 35.1 Å². The van der Waals surface area contributed by atoms with Gasteiger partial charge in [0.1, 0.15) is 0 Å². The first kappa shape index (κ1) is 17.7. The molecule has 28 heavy (non-hydrogen) atoms. The molecule has 4 aromatic rings. The van der Waals surface area contributed by atoms with Crippen LogP contribution in [-0.2, 0) is 0 Å². The van der Waals surface area contributed by atoms with Gasteiger partial charge in [0.2, 0.25) is 5.89 Å².